The number of carbonyl (C=O) groups is 4. The lowest BCUT2D eigenvalue weighted by atomic mass is 10.1. The third kappa shape index (κ3) is 5.91. The van der Waals surface area contributed by atoms with E-state index in [1.165, 1.54) is 31.2 Å². The molecule has 0 radical (unpaired) electrons. The molecule has 0 aromatic heterocycles. The Labute approximate surface area is 180 Å². The number of carbonyl (C=O) groups excluding carboxylic acids is 4. The van der Waals surface area contributed by atoms with Crippen molar-refractivity contribution in [2.24, 2.45) is 11.7 Å². The average Bonchev–Trinajstić information content (AvgIpc) is 3.14. The van der Waals surface area contributed by atoms with Gasteiger partial charge in [-0.2, -0.15) is 0 Å². The number of nitrogens with one attached hydrogen (secondary N) is 1. The number of anilines is 1. The van der Waals surface area contributed by atoms with Crippen molar-refractivity contribution < 1.29 is 23.9 Å². The van der Waals surface area contributed by atoms with Gasteiger partial charge in [0.05, 0.1) is 5.92 Å². The van der Waals surface area contributed by atoms with E-state index in [0.717, 1.165) is 5.56 Å². The summed E-state index contributed by atoms with van der Waals surface area (Å²) in [4.78, 5) is 49.8. The van der Waals surface area contributed by atoms with Crippen molar-refractivity contribution in [3.8, 4) is 0 Å². The number of hydrogen-bond donors (Lipinski definition) is 2. The minimum Gasteiger partial charge on any atom is -0.452 e. The van der Waals surface area contributed by atoms with Crippen LogP contribution in [0.3, 0.4) is 0 Å². The highest BCUT2D eigenvalue weighted by Crippen LogP contribution is 2.20. The number of nitrogens with zero attached hydrogens (tertiary/aromatic N) is 1. The molecule has 0 bridgehead atoms. The largest absolute Gasteiger partial charge is 0.452 e. The van der Waals surface area contributed by atoms with Crippen molar-refractivity contribution in [2.45, 2.75) is 25.9 Å². The number of primary amides is 1. The molecule has 3 amide bonds. The van der Waals surface area contributed by atoms with Gasteiger partial charge in [0.15, 0.2) is 6.10 Å². The zero-order valence-corrected chi connectivity index (χ0v) is 17.2. The lowest BCUT2D eigenvalue weighted by Gasteiger charge is -2.18. The van der Waals surface area contributed by atoms with Crippen LogP contribution in [0.15, 0.2) is 54.6 Å². The number of hydrogen-bond acceptors (Lipinski definition) is 5. The molecule has 1 aliphatic rings. The Hall–Kier alpha value is -3.68. The monoisotopic (exact) mass is 423 g/mol. The van der Waals surface area contributed by atoms with Gasteiger partial charge in [0.1, 0.15) is 0 Å². The molecule has 1 saturated heterocycles. The minimum atomic E-state index is -1.03. The Kier molecular flexibility index (Phi) is 7.02. The van der Waals surface area contributed by atoms with Crippen molar-refractivity contribution >= 4 is 29.4 Å². The first kappa shape index (κ1) is 22.0. The van der Waals surface area contributed by atoms with Gasteiger partial charge in [0.25, 0.3) is 5.91 Å². The summed E-state index contributed by atoms with van der Waals surface area (Å²) in [6.07, 6.45) is -0.241. The van der Waals surface area contributed by atoms with E-state index < -0.39 is 29.8 Å². The van der Waals surface area contributed by atoms with E-state index >= 15 is 0 Å². The molecule has 1 heterocycles. The van der Waals surface area contributed by atoms with Gasteiger partial charge >= 0.3 is 5.97 Å². The predicted octanol–water partition coefficient (Wildman–Crippen LogP) is 1.75. The fourth-order valence-electron chi connectivity index (χ4n) is 3.34. The van der Waals surface area contributed by atoms with Gasteiger partial charge in [-0.3, -0.25) is 19.2 Å². The first-order valence-electron chi connectivity index (χ1n) is 10.1. The van der Waals surface area contributed by atoms with Gasteiger partial charge < -0.3 is 20.7 Å². The summed E-state index contributed by atoms with van der Waals surface area (Å²) in [7, 11) is 0. The second-order valence-electron chi connectivity index (χ2n) is 7.49. The van der Waals surface area contributed by atoms with Gasteiger partial charge in [-0.1, -0.05) is 30.3 Å². The van der Waals surface area contributed by atoms with Crippen LogP contribution in [0.4, 0.5) is 5.69 Å². The van der Waals surface area contributed by atoms with Crippen LogP contribution in [0.2, 0.25) is 0 Å². The smallest absolute Gasteiger partial charge is 0.312 e. The zero-order chi connectivity index (χ0) is 22.4. The minimum absolute atomic E-state index is 0.0799. The molecular weight excluding hydrogens is 398 g/mol. The Morgan fingerprint density at radius 2 is 1.81 bits per heavy atom. The molecule has 3 rings (SSSR count). The lowest BCUT2D eigenvalue weighted by molar-refractivity contribution is -0.157. The molecule has 0 aliphatic carbocycles. The molecule has 0 saturated carbocycles. The van der Waals surface area contributed by atoms with Gasteiger partial charge in [-0.25, -0.2) is 0 Å². The molecule has 2 atom stereocenters. The van der Waals surface area contributed by atoms with E-state index in [1.807, 2.05) is 30.3 Å². The fourth-order valence-corrected chi connectivity index (χ4v) is 3.34. The second-order valence-corrected chi connectivity index (χ2v) is 7.49. The van der Waals surface area contributed by atoms with Gasteiger partial charge in [0, 0.05) is 30.8 Å². The molecule has 8 nitrogen and oxygen atoms in total. The second kappa shape index (κ2) is 9.88. The molecule has 1 aliphatic heterocycles. The van der Waals surface area contributed by atoms with Crippen LogP contribution in [-0.4, -0.2) is 47.8 Å². The van der Waals surface area contributed by atoms with E-state index in [2.05, 4.69) is 5.32 Å². The Bertz CT molecular complexity index is 959. The molecule has 8 heteroatoms. The number of likely N-dealkylation sites (tertiary alicyclic amines) is 1. The molecule has 1 fully saturated rings. The highest BCUT2D eigenvalue weighted by molar-refractivity contribution is 5.97. The number of ether oxygens (including phenoxy) is 1. The molecule has 0 spiro atoms. The first-order chi connectivity index (χ1) is 14.8. The fraction of sp³-hybridized carbons (Fsp3) is 0.304. The molecular formula is C23H25N3O5. The summed E-state index contributed by atoms with van der Waals surface area (Å²) in [5.41, 5.74) is 7.07. The number of nitrogens with two attached hydrogens (primary N) is 1. The third-order valence-corrected chi connectivity index (χ3v) is 5.16. The number of amides is 3. The first-order valence-corrected chi connectivity index (χ1v) is 10.1. The molecule has 2 aromatic rings. The Morgan fingerprint density at radius 1 is 1.13 bits per heavy atom. The molecule has 162 valence electrons. The standard InChI is InChI=1S/C23H25N3O5/c1-15(22(29)25-19-9-7-17(8-10-19)21(24)28)31-23(30)18-13-20(27)26(14-18)12-11-16-5-3-2-4-6-16/h2-10,15,18H,11-14H2,1H3,(H2,24,28)(H,25,29)/t15-,18-/m1/s1. The summed E-state index contributed by atoms with van der Waals surface area (Å²) < 4.78 is 5.29. The molecule has 0 unspecified atom stereocenters. The van der Waals surface area contributed by atoms with Crippen molar-refractivity contribution in [2.75, 3.05) is 18.4 Å². The average molecular weight is 423 g/mol. The van der Waals surface area contributed by atoms with E-state index in [1.54, 1.807) is 4.90 Å². The van der Waals surface area contributed by atoms with Crippen LogP contribution in [0.1, 0.15) is 29.3 Å². The van der Waals surface area contributed by atoms with Crippen LogP contribution in [0.25, 0.3) is 0 Å². The molecule has 31 heavy (non-hydrogen) atoms. The summed E-state index contributed by atoms with van der Waals surface area (Å²) in [6, 6.07) is 15.9. The van der Waals surface area contributed by atoms with Crippen molar-refractivity contribution in [1.82, 2.24) is 4.90 Å². The van der Waals surface area contributed by atoms with Crippen LogP contribution in [0, 0.1) is 5.92 Å². The summed E-state index contributed by atoms with van der Waals surface area (Å²) in [6.45, 7) is 2.28. The highest BCUT2D eigenvalue weighted by atomic mass is 16.5. The normalized spacial score (nSPS) is 16.6. The SMILES string of the molecule is C[C@@H](OC(=O)[C@@H]1CC(=O)N(CCc2ccccc2)C1)C(=O)Nc1ccc(C(N)=O)cc1. The van der Waals surface area contributed by atoms with Crippen LogP contribution < -0.4 is 11.1 Å². The summed E-state index contributed by atoms with van der Waals surface area (Å²) >= 11 is 0. The maximum absolute atomic E-state index is 12.5. The topological polar surface area (TPSA) is 119 Å². The molecule has 3 N–H and O–H groups in total. The van der Waals surface area contributed by atoms with Gasteiger partial charge in [-0.15, -0.1) is 0 Å². The van der Waals surface area contributed by atoms with Gasteiger partial charge in [-0.05, 0) is 43.2 Å². The lowest BCUT2D eigenvalue weighted by Crippen LogP contribution is -2.33. The van der Waals surface area contributed by atoms with Crippen molar-refractivity contribution in [3.63, 3.8) is 0 Å². The van der Waals surface area contributed by atoms with E-state index in [9.17, 15) is 19.2 Å². The van der Waals surface area contributed by atoms with E-state index in [-0.39, 0.29) is 18.9 Å². The Balaban J connectivity index is 1.48. The Morgan fingerprint density at radius 3 is 2.45 bits per heavy atom. The zero-order valence-electron chi connectivity index (χ0n) is 17.2. The third-order valence-electron chi connectivity index (χ3n) is 5.16. The van der Waals surface area contributed by atoms with E-state index in [4.69, 9.17) is 10.5 Å². The maximum atomic E-state index is 12.5. The van der Waals surface area contributed by atoms with Gasteiger partial charge in [0.2, 0.25) is 11.8 Å². The van der Waals surface area contributed by atoms with Crippen molar-refractivity contribution in [1.29, 1.82) is 0 Å². The van der Waals surface area contributed by atoms with Crippen LogP contribution in [-0.2, 0) is 25.5 Å². The molecule has 2 aromatic carbocycles. The maximum Gasteiger partial charge on any atom is 0.312 e. The van der Waals surface area contributed by atoms with Crippen molar-refractivity contribution in [3.05, 3.63) is 65.7 Å². The number of benzene rings is 2. The highest BCUT2D eigenvalue weighted by Gasteiger charge is 2.36. The number of esters is 1. The summed E-state index contributed by atoms with van der Waals surface area (Å²) in [5.74, 6) is -2.32. The van der Waals surface area contributed by atoms with Crippen LogP contribution in [0.5, 0.6) is 0 Å². The van der Waals surface area contributed by atoms with Crippen LogP contribution >= 0.6 is 0 Å². The summed E-state index contributed by atoms with van der Waals surface area (Å²) in [5, 5.41) is 2.61. The predicted molar refractivity (Wildman–Crippen MR) is 114 cm³/mol. The quantitative estimate of drug-likeness (QED) is 0.627. The van der Waals surface area contributed by atoms with E-state index in [0.29, 0.717) is 24.2 Å². The number of rotatable bonds is 8.